The maximum Gasteiger partial charge on any atom is 0.348 e. The summed E-state index contributed by atoms with van der Waals surface area (Å²) in [6.45, 7) is 4.86. The second kappa shape index (κ2) is 8.75. The lowest BCUT2D eigenvalue weighted by Gasteiger charge is -2.13. The predicted octanol–water partition coefficient (Wildman–Crippen LogP) is 3.43. The number of nitriles is 1. The van der Waals surface area contributed by atoms with Crippen molar-refractivity contribution in [1.29, 1.82) is 5.26 Å². The summed E-state index contributed by atoms with van der Waals surface area (Å²) in [4.78, 5) is 41.1. The van der Waals surface area contributed by atoms with Crippen LogP contribution in [0.2, 0.25) is 0 Å². The lowest BCUT2D eigenvalue weighted by Crippen LogP contribution is -2.30. The van der Waals surface area contributed by atoms with Crippen LogP contribution in [0.1, 0.15) is 45.0 Å². The van der Waals surface area contributed by atoms with E-state index in [4.69, 9.17) is 13.9 Å². The van der Waals surface area contributed by atoms with Crippen LogP contribution in [-0.2, 0) is 14.3 Å². The highest BCUT2D eigenvalue weighted by molar-refractivity contribution is 7.18. The van der Waals surface area contributed by atoms with Crippen molar-refractivity contribution < 1.29 is 28.3 Å². The normalized spacial score (nSPS) is 11.5. The third-order valence-electron chi connectivity index (χ3n) is 4.18. The lowest BCUT2D eigenvalue weighted by molar-refractivity contribution is -0.123. The van der Waals surface area contributed by atoms with Crippen molar-refractivity contribution >= 4 is 45.3 Å². The number of hydrogen-bond acceptors (Lipinski definition) is 9. The second-order valence-electron chi connectivity index (χ2n) is 6.16. The number of carbonyl (C=O) groups is 3. The van der Waals surface area contributed by atoms with E-state index in [9.17, 15) is 19.6 Å². The zero-order valence-corrected chi connectivity index (χ0v) is 17.2. The predicted molar refractivity (Wildman–Crippen MR) is 107 cm³/mol. The number of benzene rings is 1. The minimum atomic E-state index is -1.15. The number of hydrogen-bond donors (Lipinski definition) is 1. The molecule has 2 aromatic heterocycles. The van der Waals surface area contributed by atoms with E-state index in [-0.39, 0.29) is 27.6 Å². The maximum atomic E-state index is 12.5. The third kappa shape index (κ3) is 4.16. The summed E-state index contributed by atoms with van der Waals surface area (Å²) in [5, 5.41) is 12.1. The lowest BCUT2D eigenvalue weighted by atomic mass is 10.1. The van der Waals surface area contributed by atoms with Gasteiger partial charge in [-0.3, -0.25) is 4.79 Å². The van der Waals surface area contributed by atoms with E-state index < -0.39 is 23.9 Å². The van der Waals surface area contributed by atoms with Gasteiger partial charge in [0.25, 0.3) is 5.91 Å². The maximum absolute atomic E-state index is 12.5. The van der Waals surface area contributed by atoms with Crippen LogP contribution < -0.4 is 5.32 Å². The minimum Gasteiger partial charge on any atom is -0.462 e. The number of oxazole rings is 1. The molecule has 0 radical (unpaired) electrons. The molecule has 0 saturated heterocycles. The number of esters is 2. The van der Waals surface area contributed by atoms with Crippen LogP contribution >= 0.6 is 11.3 Å². The van der Waals surface area contributed by atoms with Crippen molar-refractivity contribution in [2.24, 2.45) is 0 Å². The van der Waals surface area contributed by atoms with Gasteiger partial charge in [0.15, 0.2) is 18.1 Å². The Labute approximate surface area is 175 Å². The van der Waals surface area contributed by atoms with Crippen LogP contribution in [0.3, 0.4) is 0 Å². The van der Waals surface area contributed by atoms with E-state index in [1.165, 1.54) is 25.5 Å². The smallest absolute Gasteiger partial charge is 0.348 e. The van der Waals surface area contributed by atoms with E-state index in [0.717, 1.165) is 11.3 Å². The summed E-state index contributed by atoms with van der Waals surface area (Å²) >= 11 is 0.933. The van der Waals surface area contributed by atoms with Crippen LogP contribution in [-0.4, -0.2) is 35.5 Å². The number of rotatable bonds is 6. The van der Waals surface area contributed by atoms with Crippen LogP contribution in [0.5, 0.6) is 0 Å². The monoisotopic (exact) mass is 427 g/mol. The standard InChI is InChI=1S/C20H17N3O6S/c1-4-27-20(26)16-10(2)13(8-21)18(30-16)23-17(24)11(3)29-19(25)12-5-6-14-15(7-12)28-9-22-14/h5-7,9,11H,4H2,1-3H3,(H,23,24). The zero-order chi connectivity index (χ0) is 21.8. The molecule has 9 nitrogen and oxygen atoms in total. The number of aromatic nitrogens is 1. The van der Waals surface area contributed by atoms with Gasteiger partial charge >= 0.3 is 11.9 Å². The summed E-state index contributed by atoms with van der Waals surface area (Å²) in [6, 6.07) is 6.56. The summed E-state index contributed by atoms with van der Waals surface area (Å²) in [6.07, 6.45) is 0.110. The molecule has 1 amide bonds. The van der Waals surface area contributed by atoms with Gasteiger partial charge in [0.05, 0.1) is 17.7 Å². The Kier molecular flexibility index (Phi) is 6.13. The molecule has 10 heteroatoms. The Morgan fingerprint density at radius 1 is 1.33 bits per heavy atom. The van der Waals surface area contributed by atoms with Crippen molar-refractivity contribution in [2.45, 2.75) is 26.9 Å². The van der Waals surface area contributed by atoms with Gasteiger partial charge < -0.3 is 19.2 Å². The highest BCUT2D eigenvalue weighted by Crippen LogP contribution is 2.33. The summed E-state index contributed by atoms with van der Waals surface area (Å²) < 4.78 is 15.3. The van der Waals surface area contributed by atoms with Gasteiger partial charge in [0.2, 0.25) is 0 Å². The Hall–Kier alpha value is -3.71. The van der Waals surface area contributed by atoms with Crippen molar-refractivity contribution in [3.8, 4) is 6.07 Å². The fourth-order valence-corrected chi connectivity index (χ4v) is 3.66. The second-order valence-corrected chi connectivity index (χ2v) is 7.18. The molecular formula is C20H17N3O6S. The van der Waals surface area contributed by atoms with Crippen LogP contribution in [0.25, 0.3) is 11.1 Å². The molecule has 1 atom stereocenters. The van der Waals surface area contributed by atoms with Crippen LogP contribution in [0, 0.1) is 18.3 Å². The van der Waals surface area contributed by atoms with Crippen molar-refractivity contribution in [1.82, 2.24) is 4.98 Å². The molecule has 1 unspecified atom stereocenters. The van der Waals surface area contributed by atoms with Crippen molar-refractivity contribution in [3.05, 3.63) is 46.2 Å². The third-order valence-corrected chi connectivity index (χ3v) is 5.36. The van der Waals surface area contributed by atoms with E-state index in [0.29, 0.717) is 16.7 Å². The molecule has 0 aliphatic heterocycles. The Morgan fingerprint density at radius 3 is 2.80 bits per heavy atom. The van der Waals surface area contributed by atoms with E-state index >= 15 is 0 Å². The topological polar surface area (TPSA) is 132 Å². The van der Waals surface area contributed by atoms with Crippen molar-refractivity contribution in [3.63, 3.8) is 0 Å². The first-order valence-electron chi connectivity index (χ1n) is 8.91. The molecule has 154 valence electrons. The molecule has 2 heterocycles. The van der Waals surface area contributed by atoms with Gasteiger partial charge in [-0.15, -0.1) is 11.3 Å². The molecule has 30 heavy (non-hydrogen) atoms. The molecule has 3 aromatic rings. The molecule has 0 bridgehead atoms. The Bertz CT molecular complexity index is 1170. The molecule has 0 aliphatic rings. The fraction of sp³-hybridized carbons (Fsp3) is 0.250. The Balaban J connectivity index is 1.72. The first-order valence-corrected chi connectivity index (χ1v) is 9.73. The molecule has 1 N–H and O–H groups in total. The molecule has 0 saturated carbocycles. The number of ether oxygens (including phenoxy) is 2. The average Bonchev–Trinajstić information content (AvgIpc) is 3.31. The molecule has 0 fully saturated rings. The number of anilines is 1. The summed E-state index contributed by atoms with van der Waals surface area (Å²) in [5.74, 6) is -1.93. The number of amides is 1. The van der Waals surface area contributed by atoms with Gasteiger partial charge in [0, 0.05) is 0 Å². The molecule has 0 spiro atoms. The van der Waals surface area contributed by atoms with Gasteiger partial charge in [-0.05, 0) is 44.5 Å². The van der Waals surface area contributed by atoms with Crippen LogP contribution in [0.15, 0.2) is 29.0 Å². The van der Waals surface area contributed by atoms with Gasteiger partial charge in [-0.25, -0.2) is 14.6 Å². The van der Waals surface area contributed by atoms with E-state index in [1.807, 2.05) is 6.07 Å². The number of carbonyl (C=O) groups excluding carboxylic acids is 3. The number of thiophene rings is 1. The summed E-state index contributed by atoms with van der Waals surface area (Å²) in [7, 11) is 0. The van der Waals surface area contributed by atoms with Crippen LogP contribution in [0.4, 0.5) is 5.00 Å². The highest BCUT2D eigenvalue weighted by atomic mass is 32.1. The SMILES string of the molecule is CCOC(=O)c1sc(NC(=O)C(C)OC(=O)c2ccc3ncoc3c2)c(C#N)c1C. The Morgan fingerprint density at radius 2 is 2.10 bits per heavy atom. The van der Waals surface area contributed by atoms with Gasteiger partial charge in [-0.1, -0.05) is 0 Å². The highest BCUT2D eigenvalue weighted by Gasteiger charge is 2.25. The molecular weight excluding hydrogens is 410 g/mol. The quantitative estimate of drug-likeness (QED) is 0.592. The zero-order valence-electron chi connectivity index (χ0n) is 16.3. The first kappa shape index (κ1) is 21.0. The number of fused-ring (bicyclic) bond motifs is 1. The fourth-order valence-electron chi connectivity index (χ4n) is 2.61. The largest absolute Gasteiger partial charge is 0.462 e. The summed E-state index contributed by atoms with van der Waals surface area (Å²) in [5.41, 5.74) is 1.78. The van der Waals surface area contributed by atoms with Crippen molar-refractivity contribution in [2.75, 3.05) is 11.9 Å². The minimum absolute atomic E-state index is 0.158. The van der Waals surface area contributed by atoms with Gasteiger partial charge in [0.1, 0.15) is 21.5 Å². The molecule has 1 aromatic carbocycles. The van der Waals surface area contributed by atoms with Gasteiger partial charge in [-0.2, -0.15) is 5.26 Å². The van der Waals surface area contributed by atoms with E-state index in [1.54, 1.807) is 19.9 Å². The first-order chi connectivity index (χ1) is 14.3. The number of nitrogens with one attached hydrogen (secondary N) is 1. The molecule has 3 rings (SSSR count). The number of nitrogens with zero attached hydrogens (tertiary/aromatic N) is 2. The van der Waals surface area contributed by atoms with E-state index in [2.05, 4.69) is 10.3 Å². The average molecular weight is 427 g/mol. The molecule has 0 aliphatic carbocycles.